The first-order valence-corrected chi connectivity index (χ1v) is 14.7. The molecule has 1 aliphatic carbocycles. The molecule has 1 saturated carbocycles. The summed E-state index contributed by atoms with van der Waals surface area (Å²) in [5.74, 6) is -0.986. The van der Waals surface area contributed by atoms with E-state index in [2.05, 4.69) is 15.3 Å². The number of carbonyl (C=O) groups excluding carboxylic acids is 3. The first-order chi connectivity index (χ1) is 19.8. The number of likely N-dealkylation sites (tertiary alicyclic amines) is 1. The number of fused-ring (bicyclic) bond motifs is 1. The number of rotatable bonds is 9. The van der Waals surface area contributed by atoms with Crippen molar-refractivity contribution in [1.82, 2.24) is 20.2 Å². The summed E-state index contributed by atoms with van der Waals surface area (Å²) in [6, 6.07) is 13.7. The Balaban J connectivity index is 1.18. The third-order valence-electron chi connectivity index (χ3n) is 9.09. The number of Topliss-reactive ketones (excluding diaryl/α,β-unsaturated/α-hetero) is 1. The number of benzene rings is 2. The molecule has 3 aromatic rings. The van der Waals surface area contributed by atoms with E-state index in [0.717, 1.165) is 37.7 Å². The number of ether oxygens (including phenoxy) is 1. The number of hydrogen-bond donors (Lipinski definition) is 2. The van der Waals surface area contributed by atoms with Crippen LogP contribution in [0.2, 0.25) is 0 Å². The van der Waals surface area contributed by atoms with Crippen molar-refractivity contribution in [3.05, 3.63) is 65.7 Å². The van der Waals surface area contributed by atoms with Gasteiger partial charge in [0, 0.05) is 30.2 Å². The van der Waals surface area contributed by atoms with Crippen LogP contribution in [0.25, 0.3) is 11.0 Å². The zero-order valence-electron chi connectivity index (χ0n) is 23.4. The maximum atomic E-state index is 14.2. The van der Waals surface area contributed by atoms with Gasteiger partial charge in [0.05, 0.1) is 37.2 Å². The van der Waals surface area contributed by atoms with Gasteiger partial charge in [0.25, 0.3) is 0 Å². The Labute approximate surface area is 239 Å². The van der Waals surface area contributed by atoms with Gasteiger partial charge in [0.1, 0.15) is 11.3 Å². The number of hydrogen-bond acceptors (Lipinski definition) is 5. The molecule has 216 valence electrons. The van der Waals surface area contributed by atoms with E-state index in [9.17, 15) is 18.8 Å². The number of imidazole rings is 1. The Kier molecular flexibility index (Phi) is 7.64. The van der Waals surface area contributed by atoms with Crippen molar-refractivity contribution < 1.29 is 23.5 Å². The van der Waals surface area contributed by atoms with Crippen LogP contribution in [-0.4, -0.2) is 58.3 Å². The molecule has 3 heterocycles. The van der Waals surface area contributed by atoms with E-state index in [1.54, 1.807) is 12.1 Å². The molecule has 2 amide bonds. The summed E-state index contributed by atoms with van der Waals surface area (Å²) in [5.41, 5.74) is 1.99. The zero-order valence-corrected chi connectivity index (χ0v) is 23.4. The van der Waals surface area contributed by atoms with Gasteiger partial charge in [-0.3, -0.25) is 14.4 Å². The second kappa shape index (κ2) is 11.4. The minimum atomic E-state index is -0.939. The lowest BCUT2D eigenvalue weighted by Crippen LogP contribution is -2.57. The van der Waals surface area contributed by atoms with Gasteiger partial charge in [-0.05, 0) is 49.8 Å². The van der Waals surface area contributed by atoms with Crippen molar-refractivity contribution in [2.45, 2.75) is 69.9 Å². The summed E-state index contributed by atoms with van der Waals surface area (Å²) < 4.78 is 19.6. The average molecular weight is 561 g/mol. The summed E-state index contributed by atoms with van der Waals surface area (Å²) >= 11 is 0. The van der Waals surface area contributed by atoms with E-state index in [4.69, 9.17) is 4.74 Å². The van der Waals surface area contributed by atoms with Crippen LogP contribution in [0.1, 0.15) is 75.2 Å². The molecule has 6 rings (SSSR count). The number of halogens is 1. The van der Waals surface area contributed by atoms with E-state index in [0.29, 0.717) is 31.1 Å². The summed E-state index contributed by atoms with van der Waals surface area (Å²) in [6.45, 7) is 3.84. The molecule has 3 atom stereocenters. The maximum absolute atomic E-state index is 14.2. The maximum Gasteiger partial charge on any atom is 0.225 e. The molecular formula is C32H37FN4O4. The number of nitrogens with one attached hydrogen (secondary N) is 2. The van der Waals surface area contributed by atoms with Gasteiger partial charge in [-0.2, -0.15) is 0 Å². The zero-order chi connectivity index (χ0) is 28.6. The highest BCUT2D eigenvalue weighted by Crippen LogP contribution is 2.50. The monoisotopic (exact) mass is 560 g/mol. The Bertz CT molecular complexity index is 1430. The van der Waals surface area contributed by atoms with Crippen molar-refractivity contribution >= 4 is 28.6 Å². The van der Waals surface area contributed by atoms with Gasteiger partial charge in [-0.1, -0.05) is 43.3 Å². The van der Waals surface area contributed by atoms with Gasteiger partial charge in [0.15, 0.2) is 11.6 Å². The van der Waals surface area contributed by atoms with Gasteiger partial charge in [-0.25, -0.2) is 9.37 Å². The van der Waals surface area contributed by atoms with Crippen LogP contribution >= 0.6 is 0 Å². The molecule has 0 radical (unpaired) electrons. The van der Waals surface area contributed by atoms with Crippen LogP contribution in [0.15, 0.2) is 48.5 Å². The fraction of sp³-hybridized carbons (Fsp3) is 0.500. The van der Waals surface area contributed by atoms with Gasteiger partial charge in [-0.15, -0.1) is 0 Å². The number of carbonyl (C=O) groups is 3. The minimum absolute atomic E-state index is 0.0432. The third kappa shape index (κ3) is 5.64. The van der Waals surface area contributed by atoms with Crippen LogP contribution in [-0.2, 0) is 19.1 Å². The molecule has 2 N–H and O–H groups in total. The highest BCUT2D eigenvalue weighted by molar-refractivity contribution is 5.94. The minimum Gasteiger partial charge on any atom is -0.380 e. The second-order valence-corrected chi connectivity index (χ2v) is 12.2. The fourth-order valence-electron chi connectivity index (χ4n) is 6.67. The molecule has 3 aliphatic rings. The predicted molar refractivity (Wildman–Crippen MR) is 151 cm³/mol. The summed E-state index contributed by atoms with van der Waals surface area (Å²) in [6.07, 6.45) is 4.28. The first kappa shape index (κ1) is 27.6. The van der Waals surface area contributed by atoms with E-state index in [1.807, 2.05) is 42.2 Å². The predicted octanol–water partition coefficient (Wildman–Crippen LogP) is 4.82. The molecule has 8 nitrogen and oxygen atoms in total. The van der Waals surface area contributed by atoms with Crippen molar-refractivity contribution in [2.75, 3.05) is 19.8 Å². The topological polar surface area (TPSA) is 104 Å². The molecular weight excluding hydrogens is 523 g/mol. The molecule has 0 unspecified atom stereocenters. The lowest BCUT2D eigenvalue weighted by molar-refractivity contribution is -0.184. The van der Waals surface area contributed by atoms with Crippen LogP contribution in [0, 0.1) is 17.2 Å². The van der Waals surface area contributed by atoms with Crippen molar-refractivity contribution in [1.29, 1.82) is 0 Å². The smallest absolute Gasteiger partial charge is 0.225 e. The van der Waals surface area contributed by atoms with Crippen molar-refractivity contribution in [3.63, 3.8) is 0 Å². The van der Waals surface area contributed by atoms with Gasteiger partial charge < -0.3 is 19.9 Å². The third-order valence-corrected chi connectivity index (χ3v) is 9.09. The largest absolute Gasteiger partial charge is 0.380 e. The number of piperidine rings is 1. The highest BCUT2D eigenvalue weighted by atomic mass is 19.1. The SMILES string of the molecule is C[C@H](CC(=O)[C@H](CC(=O)N1CCCC[C@H]1c1ccccc1)NC(=O)C1CC2(COC2)C1)c1nc2c(F)cccc2[nH]1. The molecule has 1 aromatic heterocycles. The quantitative estimate of drug-likeness (QED) is 0.391. The van der Waals surface area contributed by atoms with E-state index in [1.165, 1.54) is 6.07 Å². The number of amides is 2. The Morgan fingerprint density at radius 2 is 1.88 bits per heavy atom. The molecule has 3 fully saturated rings. The fourth-order valence-corrected chi connectivity index (χ4v) is 6.67. The molecule has 9 heteroatoms. The van der Waals surface area contributed by atoms with E-state index in [-0.39, 0.29) is 59.2 Å². The van der Waals surface area contributed by atoms with E-state index < -0.39 is 11.9 Å². The molecule has 2 aliphatic heterocycles. The molecule has 2 saturated heterocycles. The normalized spacial score (nSPS) is 21.6. The summed E-state index contributed by atoms with van der Waals surface area (Å²) in [5, 5.41) is 2.95. The van der Waals surface area contributed by atoms with Crippen LogP contribution in [0.3, 0.4) is 0 Å². The summed E-state index contributed by atoms with van der Waals surface area (Å²) in [7, 11) is 0. The van der Waals surface area contributed by atoms with E-state index >= 15 is 0 Å². The lowest BCUT2D eigenvalue weighted by atomic mass is 9.60. The number of aromatic nitrogens is 2. The average Bonchev–Trinajstić information content (AvgIpc) is 3.38. The molecule has 0 bridgehead atoms. The Hall–Kier alpha value is -3.59. The van der Waals surface area contributed by atoms with Crippen LogP contribution in [0.4, 0.5) is 4.39 Å². The van der Waals surface area contributed by atoms with Gasteiger partial charge in [0.2, 0.25) is 11.8 Å². The number of aromatic amines is 1. The number of para-hydroxylation sites is 1. The van der Waals surface area contributed by atoms with Gasteiger partial charge >= 0.3 is 0 Å². The second-order valence-electron chi connectivity index (χ2n) is 12.2. The number of ketones is 1. The summed E-state index contributed by atoms with van der Waals surface area (Å²) in [4.78, 5) is 50.1. The molecule has 1 spiro atoms. The number of H-pyrrole nitrogens is 1. The molecule has 41 heavy (non-hydrogen) atoms. The van der Waals surface area contributed by atoms with Crippen LogP contribution < -0.4 is 5.32 Å². The number of nitrogens with zero attached hydrogens (tertiary/aromatic N) is 2. The van der Waals surface area contributed by atoms with Crippen molar-refractivity contribution in [3.8, 4) is 0 Å². The van der Waals surface area contributed by atoms with Crippen LogP contribution in [0.5, 0.6) is 0 Å². The Morgan fingerprint density at radius 3 is 2.59 bits per heavy atom. The lowest BCUT2D eigenvalue weighted by Gasteiger charge is -2.52. The standard InChI is InChI=1S/C32H37FN4O4/c1-20(30-34-24-11-7-10-23(33)29(24)36-30)14-27(38)25(35-31(40)22-16-32(17-22)18-41-19-32)15-28(39)37-13-6-5-12-26(37)21-8-3-2-4-9-21/h2-4,7-11,20,22,25-26H,5-6,12-19H2,1H3,(H,34,36)(H,35,40)/t20-,25+,26+/m1/s1. The molecule has 2 aromatic carbocycles. The Morgan fingerprint density at radius 1 is 1.10 bits per heavy atom. The first-order valence-electron chi connectivity index (χ1n) is 14.7. The highest BCUT2D eigenvalue weighted by Gasteiger charge is 2.52. The van der Waals surface area contributed by atoms with Crippen molar-refractivity contribution in [2.24, 2.45) is 11.3 Å².